The van der Waals surface area contributed by atoms with Crippen molar-refractivity contribution >= 4 is 18.0 Å². The molecule has 1 amide bonds. The molecule has 0 saturated heterocycles. The molecule has 0 aliphatic carbocycles. The lowest BCUT2D eigenvalue weighted by atomic mass is 10.0. The van der Waals surface area contributed by atoms with Crippen LogP contribution in [0.2, 0.25) is 0 Å². The molecule has 1 aliphatic heterocycles. The summed E-state index contributed by atoms with van der Waals surface area (Å²) in [5.74, 6) is 0.823. The summed E-state index contributed by atoms with van der Waals surface area (Å²) in [6, 6.07) is 13.4. The fourth-order valence-corrected chi connectivity index (χ4v) is 2.96. The van der Waals surface area contributed by atoms with Crippen LogP contribution < -0.4 is 19.5 Å². The van der Waals surface area contributed by atoms with E-state index in [1.165, 1.54) is 13.2 Å². The van der Waals surface area contributed by atoms with E-state index in [0.29, 0.717) is 42.6 Å². The lowest BCUT2D eigenvalue weighted by Crippen LogP contribution is -2.31. The molecule has 0 bridgehead atoms. The molecule has 1 heterocycles. The van der Waals surface area contributed by atoms with Gasteiger partial charge in [-0.15, -0.1) is 0 Å². The molecule has 1 atom stereocenters. The molecule has 0 fully saturated rings. The van der Waals surface area contributed by atoms with Gasteiger partial charge in [0.05, 0.1) is 7.11 Å². The number of fused-ring (bicyclic) bond motifs is 1. The maximum absolute atomic E-state index is 11.9. The smallest absolute Gasteiger partial charge is 0.331 e. The number of esters is 1. The summed E-state index contributed by atoms with van der Waals surface area (Å²) in [5.41, 5.74) is 1.82. The second-order valence-corrected chi connectivity index (χ2v) is 6.80. The minimum atomic E-state index is -0.616. The molecule has 0 aromatic heterocycles. The van der Waals surface area contributed by atoms with E-state index in [9.17, 15) is 9.59 Å². The van der Waals surface area contributed by atoms with Gasteiger partial charge in [-0.2, -0.15) is 0 Å². The number of nitrogens with one attached hydrogen (secondary N) is 1. The second-order valence-electron chi connectivity index (χ2n) is 6.80. The molecule has 158 valence electrons. The lowest BCUT2D eigenvalue weighted by molar-refractivity contribution is -0.143. The molecule has 2 aromatic carbocycles. The number of ether oxygens (including phenoxy) is 4. The van der Waals surface area contributed by atoms with Crippen LogP contribution in [0.5, 0.6) is 17.2 Å². The number of amides is 1. The fourth-order valence-electron chi connectivity index (χ4n) is 2.96. The minimum Gasteiger partial charge on any atom is -0.493 e. The molecule has 0 unspecified atom stereocenters. The van der Waals surface area contributed by atoms with Crippen molar-refractivity contribution in [2.75, 3.05) is 33.5 Å². The average molecular weight is 411 g/mol. The number of hydrogen-bond donors (Lipinski definition) is 1. The highest BCUT2D eigenvalue weighted by atomic mass is 16.6. The van der Waals surface area contributed by atoms with Gasteiger partial charge < -0.3 is 24.3 Å². The summed E-state index contributed by atoms with van der Waals surface area (Å²) >= 11 is 0. The molecular formula is C23H25NO6. The summed E-state index contributed by atoms with van der Waals surface area (Å²) < 4.78 is 21.4. The Balaban J connectivity index is 1.47. The van der Waals surface area contributed by atoms with E-state index in [1.807, 2.05) is 37.3 Å². The zero-order chi connectivity index (χ0) is 21.3. The molecule has 7 heteroatoms. The van der Waals surface area contributed by atoms with Crippen molar-refractivity contribution in [2.45, 2.75) is 12.8 Å². The quantitative estimate of drug-likeness (QED) is 0.531. The Morgan fingerprint density at radius 3 is 2.70 bits per heavy atom. The molecule has 2 aromatic rings. The first-order valence-electron chi connectivity index (χ1n) is 9.71. The Morgan fingerprint density at radius 2 is 1.93 bits per heavy atom. The second kappa shape index (κ2) is 10.3. The number of carbonyl (C=O) groups is 2. The third-order valence-electron chi connectivity index (χ3n) is 4.58. The zero-order valence-electron chi connectivity index (χ0n) is 17.1. The summed E-state index contributed by atoms with van der Waals surface area (Å²) in [7, 11) is 1.53. The zero-order valence-corrected chi connectivity index (χ0v) is 17.1. The molecular weight excluding hydrogens is 386 g/mol. The Morgan fingerprint density at radius 1 is 1.17 bits per heavy atom. The van der Waals surface area contributed by atoms with Crippen LogP contribution in [-0.2, 0) is 14.3 Å². The van der Waals surface area contributed by atoms with E-state index in [0.717, 1.165) is 5.56 Å². The summed E-state index contributed by atoms with van der Waals surface area (Å²) in [4.78, 5) is 23.9. The topological polar surface area (TPSA) is 83.1 Å². The van der Waals surface area contributed by atoms with Crippen molar-refractivity contribution < 1.29 is 28.5 Å². The molecule has 1 N–H and O–H groups in total. The Bertz CT molecular complexity index is 892. The van der Waals surface area contributed by atoms with Crippen LogP contribution in [0.15, 0.2) is 48.5 Å². The predicted octanol–water partition coefficient (Wildman–Crippen LogP) is 2.94. The molecule has 1 aliphatic rings. The lowest BCUT2D eigenvalue weighted by Gasteiger charge is -2.20. The van der Waals surface area contributed by atoms with Crippen LogP contribution >= 0.6 is 0 Å². The molecule has 3 rings (SSSR count). The largest absolute Gasteiger partial charge is 0.493 e. The van der Waals surface area contributed by atoms with E-state index >= 15 is 0 Å². The van der Waals surface area contributed by atoms with Crippen LogP contribution in [0.3, 0.4) is 0 Å². The van der Waals surface area contributed by atoms with Crippen LogP contribution in [0.4, 0.5) is 0 Å². The highest BCUT2D eigenvalue weighted by Gasteiger charge is 2.18. The molecule has 0 saturated carbocycles. The van der Waals surface area contributed by atoms with Crippen LogP contribution in [0.1, 0.15) is 24.0 Å². The van der Waals surface area contributed by atoms with Gasteiger partial charge in [0.2, 0.25) is 5.75 Å². The van der Waals surface area contributed by atoms with Crippen molar-refractivity contribution in [2.24, 2.45) is 0 Å². The van der Waals surface area contributed by atoms with Crippen molar-refractivity contribution in [1.29, 1.82) is 0 Å². The third kappa shape index (κ3) is 5.76. The Hall–Kier alpha value is -3.48. The first-order valence-corrected chi connectivity index (χ1v) is 9.71. The van der Waals surface area contributed by atoms with Gasteiger partial charge in [-0.05, 0) is 35.3 Å². The molecule has 7 nitrogen and oxygen atoms in total. The predicted molar refractivity (Wildman–Crippen MR) is 112 cm³/mol. The number of methoxy groups -OCH3 is 1. The highest BCUT2D eigenvalue weighted by molar-refractivity contribution is 5.89. The van der Waals surface area contributed by atoms with Crippen LogP contribution in [-0.4, -0.2) is 45.4 Å². The van der Waals surface area contributed by atoms with Crippen LogP contribution in [0.25, 0.3) is 6.08 Å². The number of carbonyl (C=O) groups excluding carboxylic acids is 2. The van der Waals surface area contributed by atoms with Gasteiger partial charge in [0.15, 0.2) is 18.1 Å². The third-order valence-corrected chi connectivity index (χ3v) is 4.58. The normalized spacial score (nSPS) is 13.5. The standard InChI is InChI=1S/C23H25NO6/c1-16(18-6-4-3-5-7-18)14-24-21(25)15-30-22(26)9-8-17-12-19(27-2)23-20(13-17)28-10-11-29-23/h3-9,12-13,16H,10-11,14-15H2,1-2H3,(H,24,25)/b9-8+/t16-/m0/s1. The van der Waals surface area contributed by atoms with Gasteiger partial charge in [0, 0.05) is 12.6 Å². The van der Waals surface area contributed by atoms with E-state index < -0.39 is 5.97 Å². The van der Waals surface area contributed by atoms with Crippen molar-refractivity contribution in [3.05, 3.63) is 59.7 Å². The molecule has 0 radical (unpaired) electrons. The van der Waals surface area contributed by atoms with Gasteiger partial charge in [-0.3, -0.25) is 4.79 Å². The van der Waals surface area contributed by atoms with E-state index in [2.05, 4.69) is 5.32 Å². The van der Waals surface area contributed by atoms with E-state index in [4.69, 9.17) is 18.9 Å². The number of benzene rings is 2. The highest BCUT2D eigenvalue weighted by Crippen LogP contribution is 2.40. The maximum Gasteiger partial charge on any atom is 0.331 e. The van der Waals surface area contributed by atoms with Gasteiger partial charge >= 0.3 is 5.97 Å². The van der Waals surface area contributed by atoms with Gasteiger partial charge in [0.25, 0.3) is 5.91 Å². The SMILES string of the molecule is COc1cc(/C=C/C(=O)OCC(=O)NC[C@H](C)c2ccccc2)cc2c1OCCO2. The summed E-state index contributed by atoms with van der Waals surface area (Å²) in [6.45, 7) is 3.05. The van der Waals surface area contributed by atoms with E-state index in [1.54, 1.807) is 18.2 Å². The molecule has 30 heavy (non-hydrogen) atoms. The first kappa shape index (κ1) is 21.2. The summed E-state index contributed by atoms with van der Waals surface area (Å²) in [5, 5.41) is 2.77. The first-order chi connectivity index (χ1) is 14.6. The fraction of sp³-hybridized carbons (Fsp3) is 0.304. The minimum absolute atomic E-state index is 0.163. The number of hydrogen-bond acceptors (Lipinski definition) is 6. The van der Waals surface area contributed by atoms with Crippen molar-refractivity contribution in [1.82, 2.24) is 5.32 Å². The van der Waals surface area contributed by atoms with Crippen molar-refractivity contribution in [3.8, 4) is 17.2 Å². The summed E-state index contributed by atoms with van der Waals surface area (Å²) in [6.07, 6.45) is 2.82. The van der Waals surface area contributed by atoms with Gasteiger partial charge in [-0.25, -0.2) is 4.79 Å². The monoisotopic (exact) mass is 411 g/mol. The van der Waals surface area contributed by atoms with E-state index in [-0.39, 0.29) is 18.4 Å². The maximum atomic E-state index is 11.9. The van der Waals surface area contributed by atoms with Crippen molar-refractivity contribution in [3.63, 3.8) is 0 Å². The van der Waals surface area contributed by atoms with Gasteiger partial charge in [-0.1, -0.05) is 37.3 Å². The number of rotatable bonds is 8. The Kier molecular flexibility index (Phi) is 7.32. The van der Waals surface area contributed by atoms with Crippen LogP contribution in [0, 0.1) is 0 Å². The van der Waals surface area contributed by atoms with Gasteiger partial charge in [0.1, 0.15) is 13.2 Å². The molecule has 0 spiro atoms. The Labute approximate surface area is 175 Å². The average Bonchev–Trinajstić information content (AvgIpc) is 2.79.